The molecule has 2 aromatic rings. The summed E-state index contributed by atoms with van der Waals surface area (Å²) in [6, 6.07) is 7.64. The van der Waals surface area contributed by atoms with Crippen LogP contribution in [0.25, 0.3) is 11.4 Å². The van der Waals surface area contributed by atoms with Gasteiger partial charge in [-0.1, -0.05) is 6.92 Å². The van der Waals surface area contributed by atoms with Crippen LogP contribution in [0.5, 0.6) is 5.75 Å². The average Bonchev–Trinajstić information content (AvgIpc) is 2.45. The number of aromatic nitrogens is 3. The van der Waals surface area contributed by atoms with Gasteiger partial charge < -0.3 is 15.4 Å². The molecule has 0 spiro atoms. The van der Waals surface area contributed by atoms with Gasteiger partial charge in [-0.15, -0.1) is 0 Å². The maximum atomic E-state index is 5.72. The van der Waals surface area contributed by atoms with Gasteiger partial charge in [-0.05, 0) is 30.7 Å². The number of nitrogen functional groups attached to an aromatic ring is 1. The Kier molecular flexibility index (Phi) is 4.34. The molecule has 2 rings (SSSR count). The Morgan fingerprint density at radius 2 is 1.80 bits per heavy atom. The number of hydrogen-bond acceptors (Lipinski definition) is 6. The lowest BCUT2D eigenvalue weighted by atomic mass is 10.2. The van der Waals surface area contributed by atoms with Crippen molar-refractivity contribution in [1.82, 2.24) is 15.0 Å². The summed E-state index contributed by atoms with van der Waals surface area (Å²) in [5, 5.41) is 0. The van der Waals surface area contributed by atoms with Gasteiger partial charge in [0.25, 0.3) is 0 Å². The number of ether oxygens (including phenoxy) is 1. The Morgan fingerprint density at radius 3 is 2.40 bits per heavy atom. The second kappa shape index (κ2) is 6.18. The van der Waals surface area contributed by atoms with Crippen molar-refractivity contribution in [2.75, 3.05) is 31.3 Å². The Labute approximate surface area is 118 Å². The average molecular weight is 273 g/mol. The van der Waals surface area contributed by atoms with E-state index in [9.17, 15) is 0 Å². The van der Waals surface area contributed by atoms with E-state index in [-0.39, 0.29) is 5.95 Å². The molecule has 0 amide bonds. The van der Waals surface area contributed by atoms with Crippen molar-refractivity contribution in [3.63, 3.8) is 0 Å². The first kappa shape index (κ1) is 14.0. The van der Waals surface area contributed by atoms with Crippen molar-refractivity contribution in [1.29, 1.82) is 0 Å². The Balaban J connectivity index is 2.27. The molecule has 0 aliphatic rings. The van der Waals surface area contributed by atoms with Gasteiger partial charge >= 0.3 is 0 Å². The molecule has 1 heterocycles. The standard InChI is InChI=1S/C14H19N5O/c1-4-9-20-11-7-5-10(6-8-11)12-16-13(15)18-14(17-12)19(2)3/h5-8H,4,9H2,1-3H3,(H2,15,16,17,18). The predicted molar refractivity (Wildman–Crippen MR) is 79.8 cm³/mol. The zero-order valence-corrected chi connectivity index (χ0v) is 12.0. The summed E-state index contributed by atoms with van der Waals surface area (Å²) in [4.78, 5) is 14.4. The molecular formula is C14H19N5O. The van der Waals surface area contributed by atoms with Crippen LogP contribution in [-0.4, -0.2) is 35.7 Å². The van der Waals surface area contributed by atoms with Crippen molar-refractivity contribution >= 4 is 11.9 Å². The van der Waals surface area contributed by atoms with E-state index in [1.165, 1.54) is 0 Å². The summed E-state index contributed by atoms with van der Waals surface area (Å²) in [5.41, 5.74) is 6.60. The van der Waals surface area contributed by atoms with E-state index >= 15 is 0 Å². The molecular weight excluding hydrogens is 254 g/mol. The molecule has 0 radical (unpaired) electrons. The van der Waals surface area contributed by atoms with Crippen LogP contribution in [0, 0.1) is 0 Å². The highest BCUT2D eigenvalue weighted by atomic mass is 16.5. The van der Waals surface area contributed by atoms with Gasteiger partial charge in [0.2, 0.25) is 11.9 Å². The van der Waals surface area contributed by atoms with Crippen LogP contribution in [0.1, 0.15) is 13.3 Å². The first-order chi connectivity index (χ1) is 9.60. The molecule has 0 aliphatic heterocycles. The minimum atomic E-state index is 0.213. The molecule has 0 aliphatic carbocycles. The lowest BCUT2D eigenvalue weighted by Gasteiger charge is -2.11. The monoisotopic (exact) mass is 273 g/mol. The zero-order valence-electron chi connectivity index (χ0n) is 12.0. The van der Waals surface area contributed by atoms with Gasteiger partial charge in [0.1, 0.15) is 5.75 Å². The molecule has 0 atom stereocenters. The number of anilines is 2. The highest BCUT2D eigenvalue weighted by Crippen LogP contribution is 2.21. The summed E-state index contributed by atoms with van der Waals surface area (Å²) in [7, 11) is 3.72. The van der Waals surface area contributed by atoms with Crippen LogP contribution in [0.4, 0.5) is 11.9 Å². The third kappa shape index (κ3) is 3.34. The maximum absolute atomic E-state index is 5.72. The van der Waals surface area contributed by atoms with Crippen molar-refractivity contribution in [2.45, 2.75) is 13.3 Å². The van der Waals surface area contributed by atoms with Gasteiger partial charge in [-0.2, -0.15) is 15.0 Å². The van der Waals surface area contributed by atoms with Crippen LogP contribution in [-0.2, 0) is 0 Å². The first-order valence-electron chi connectivity index (χ1n) is 6.52. The number of hydrogen-bond donors (Lipinski definition) is 1. The van der Waals surface area contributed by atoms with E-state index in [0.29, 0.717) is 18.4 Å². The van der Waals surface area contributed by atoms with Gasteiger partial charge in [-0.25, -0.2) is 0 Å². The maximum Gasteiger partial charge on any atom is 0.230 e. The van der Waals surface area contributed by atoms with Crippen LogP contribution in [0.2, 0.25) is 0 Å². The molecule has 2 N–H and O–H groups in total. The van der Waals surface area contributed by atoms with Crippen molar-refractivity contribution in [3.8, 4) is 17.1 Å². The SMILES string of the molecule is CCCOc1ccc(-c2nc(N)nc(N(C)C)n2)cc1. The fourth-order valence-electron chi connectivity index (χ4n) is 1.63. The normalized spacial score (nSPS) is 10.3. The summed E-state index contributed by atoms with van der Waals surface area (Å²) >= 11 is 0. The van der Waals surface area contributed by atoms with Crippen molar-refractivity contribution in [3.05, 3.63) is 24.3 Å². The molecule has 106 valence electrons. The minimum absolute atomic E-state index is 0.213. The molecule has 0 saturated heterocycles. The molecule has 0 saturated carbocycles. The second-order valence-electron chi connectivity index (χ2n) is 4.58. The van der Waals surface area contributed by atoms with E-state index < -0.39 is 0 Å². The molecule has 0 bridgehead atoms. The summed E-state index contributed by atoms with van der Waals surface area (Å²) < 4.78 is 5.55. The summed E-state index contributed by atoms with van der Waals surface area (Å²) in [6.45, 7) is 2.79. The summed E-state index contributed by atoms with van der Waals surface area (Å²) in [5.74, 6) is 2.15. The minimum Gasteiger partial charge on any atom is -0.494 e. The number of nitrogens with two attached hydrogens (primary N) is 1. The Morgan fingerprint density at radius 1 is 1.10 bits per heavy atom. The predicted octanol–water partition coefficient (Wildman–Crippen LogP) is 1.98. The quantitative estimate of drug-likeness (QED) is 0.897. The number of benzene rings is 1. The van der Waals surface area contributed by atoms with Gasteiger partial charge in [0.05, 0.1) is 6.61 Å². The zero-order chi connectivity index (χ0) is 14.5. The largest absolute Gasteiger partial charge is 0.494 e. The van der Waals surface area contributed by atoms with Crippen LogP contribution in [0.15, 0.2) is 24.3 Å². The molecule has 20 heavy (non-hydrogen) atoms. The molecule has 1 aromatic heterocycles. The molecule has 0 unspecified atom stereocenters. The Bertz CT molecular complexity index is 568. The van der Waals surface area contributed by atoms with Crippen molar-refractivity contribution in [2.24, 2.45) is 0 Å². The van der Waals surface area contributed by atoms with E-state index in [1.807, 2.05) is 38.4 Å². The smallest absolute Gasteiger partial charge is 0.230 e. The van der Waals surface area contributed by atoms with Gasteiger partial charge in [0.15, 0.2) is 5.82 Å². The van der Waals surface area contributed by atoms with E-state index in [4.69, 9.17) is 10.5 Å². The molecule has 6 nitrogen and oxygen atoms in total. The third-order valence-electron chi connectivity index (χ3n) is 2.63. The van der Waals surface area contributed by atoms with Crippen molar-refractivity contribution < 1.29 is 4.74 Å². The first-order valence-corrected chi connectivity index (χ1v) is 6.52. The van der Waals surface area contributed by atoms with E-state index in [2.05, 4.69) is 21.9 Å². The fourth-order valence-corrected chi connectivity index (χ4v) is 1.63. The molecule has 0 fully saturated rings. The van der Waals surface area contributed by atoms with Crippen LogP contribution in [0.3, 0.4) is 0 Å². The van der Waals surface area contributed by atoms with E-state index in [1.54, 1.807) is 4.90 Å². The molecule has 6 heteroatoms. The third-order valence-corrected chi connectivity index (χ3v) is 2.63. The number of rotatable bonds is 5. The second-order valence-corrected chi connectivity index (χ2v) is 4.58. The van der Waals surface area contributed by atoms with Gasteiger partial charge in [0, 0.05) is 19.7 Å². The fraction of sp³-hybridized carbons (Fsp3) is 0.357. The topological polar surface area (TPSA) is 77.2 Å². The van der Waals surface area contributed by atoms with E-state index in [0.717, 1.165) is 17.7 Å². The summed E-state index contributed by atoms with van der Waals surface area (Å²) in [6.07, 6.45) is 0.984. The van der Waals surface area contributed by atoms with Crippen LogP contribution < -0.4 is 15.4 Å². The Hall–Kier alpha value is -2.37. The lowest BCUT2D eigenvalue weighted by molar-refractivity contribution is 0.317. The number of nitrogens with zero attached hydrogens (tertiary/aromatic N) is 4. The lowest BCUT2D eigenvalue weighted by Crippen LogP contribution is -2.15. The highest BCUT2D eigenvalue weighted by molar-refractivity contribution is 5.58. The van der Waals surface area contributed by atoms with Crippen LogP contribution >= 0.6 is 0 Å². The molecule has 1 aromatic carbocycles. The van der Waals surface area contributed by atoms with Gasteiger partial charge in [-0.3, -0.25) is 0 Å². The highest BCUT2D eigenvalue weighted by Gasteiger charge is 2.08.